The second-order valence-electron chi connectivity index (χ2n) is 3.45. The van der Waals surface area contributed by atoms with Crippen molar-refractivity contribution in [3.05, 3.63) is 24.3 Å². The topological polar surface area (TPSA) is 76.4 Å². The number of hydrogen-bond acceptors (Lipinski definition) is 3. The van der Waals surface area contributed by atoms with Crippen LogP contribution in [0.4, 0.5) is 10.5 Å². The summed E-state index contributed by atoms with van der Waals surface area (Å²) >= 11 is 4.76. The van der Waals surface area contributed by atoms with Crippen LogP contribution in [0.1, 0.15) is 6.92 Å². The highest BCUT2D eigenvalue weighted by atomic mass is 32.1. The first kappa shape index (κ1) is 13.2. The molecule has 1 unspecified atom stereocenters. The fraction of sp³-hybridized carbons (Fsp3) is 0.273. The lowest BCUT2D eigenvalue weighted by atomic mass is 10.3. The van der Waals surface area contributed by atoms with E-state index in [9.17, 15) is 4.79 Å². The molecule has 0 heterocycles. The Bertz CT molecular complexity index is 423. The molecule has 4 N–H and O–H groups in total. The Kier molecular flexibility index (Phi) is 4.71. The standard InChI is InChI=1S/C11H15N3O2S/c1-7(10(12)17)13-11(15)14-8-4-3-5-9(6-8)16-2/h3-7H,1-2H3,(H2,12,17)(H2,13,14,15). The molecular formula is C11H15N3O2S. The van der Waals surface area contributed by atoms with Gasteiger partial charge in [0.15, 0.2) is 0 Å². The predicted molar refractivity (Wildman–Crippen MR) is 71.4 cm³/mol. The van der Waals surface area contributed by atoms with Crippen molar-refractivity contribution in [2.75, 3.05) is 12.4 Å². The molecule has 0 aliphatic rings. The monoisotopic (exact) mass is 253 g/mol. The zero-order valence-corrected chi connectivity index (χ0v) is 10.5. The summed E-state index contributed by atoms with van der Waals surface area (Å²) in [6, 6.07) is 6.33. The molecule has 0 radical (unpaired) electrons. The number of nitrogens with one attached hydrogen (secondary N) is 2. The number of rotatable bonds is 4. The molecule has 0 spiro atoms. The van der Waals surface area contributed by atoms with Gasteiger partial charge in [-0.1, -0.05) is 18.3 Å². The van der Waals surface area contributed by atoms with E-state index < -0.39 is 0 Å². The van der Waals surface area contributed by atoms with E-state index in [1.54, 1.807) is 38.3 Å². The van der Waals surface area contributed by atoms with Crippen LogP contribution < -0.4 is 21.1 Å². The third kappa shape index (κ3) is 4.28. The van der Waals surface area contributed by atoms with Crippen LogP contribution in [0.15, 0.2) is 24.3 Å². The summed E-state index contributed by atoms with van der Waals surface area (Å²) in [5.41, 5.74) is 6.03. The summed E-state index contributed by atoms with van der Waals surface area (Å²) < 4.78 is 5.04. The molecule has 5 nitrogen and oxygen atoms in total. The van der Waals surface area contributed by atoms with Crippen molar-refractivity contribution in [2.24, 2.45) is 5.73 Å². The van der Waals surface area contributed by atoms with Gasteiger partial charge in [-0.2, -0.15) is 0 Å². The minimum absolute atomic E-state index is 0.241. The van der Waals surface area contributed by atoms with Crippen molar-refractivity contribution in [1.82, 2.24) is 5.32 Å². The normalized spacial score (nSPS) is 11.4. The van der Waals surface area contributed by atoms with Gasteiger partial charge in [0.05, 0.1) is 18.1 Å². The molecule has 0 aliphatic heterocycles. The van der Waals surface area contributed by atoms with Crippen LogP contribution in [0.3, 0.4) is 0 Å². The number of carbonyl (C=O) groups is 1. The van der Waals surface area contributed by atoms with E-state index in [-0.39, 0.29) is 17.1 Å². The van der Waals surface area contributed by atoms with Gasteiger partial charge in [-0.25, -0.2) is 4.79 Å². The Balaban J connectivity index is 2.58. The van der Waals surface area contributed by atoms with Gasteiger partial charge in [0.1, 0.15) is 5.75 Å². The summed E-state index contributed by atoms with van der Waals surface area (Å²) in [6.45, 7) is 1.72. The van der Waals surface area contributed by atoms with Crippen molar-refractivity contribution in [3.63, 3.8) is 0 Å². The lowest BCUT2D eigenvalue weighted by Gasteiger charge is -2.13. The van der Waals surface area contributed by atoms with Crippen LogP contribution in [0.25, 0.3) is 0 Å². The number of thiocarbonyl (C=S) groups is 1. The van der Waals surface area contributed by atoms with Crippen molar-refractivity contribution in [3.8, 4) is 5.75 Å². The first-order valence-electron chi connectivity index (χ1n) is 5.04. The summed E-state index contributed by atoms with van der Waals surface area (Å²) in [5, 5.41) is 5.27. The highest BCUT2D eigenvalue weighted by Crippen LogP contribution is 2.16. The second-order valence-corrected chi connectivity index (χ2v) is 3.93. The van der Waals surface area contributed by atoms with Gasteiger partial charge in [0.25, 0.3) is 0 Å². The smallest absolute Gasteiger partial charge is 0.319 e. The van der Waals surface area contributed by atoms with Crippen molar-refractivity contribution in [2.45, 2.75) is 13.0 Å². The van der Waals surface area contributed by atoms with Gasteiger partial charge in [-0.05, 0) is 19.1 Å². The molecule has 0 saturated carbocycles. The minimum atomic E-state index is -0.362. The van der Waals surface area contributed by atoms with E-state index in [2.05, 4.69) is 10.6 Å². The Labute approximate surface area is 105 Å². The molecule has 0 aliphatic carbocycles. The van der Waals surface area contributed by atoms with E-state index in [4.69, 9.17) is 22.7 Å². The first-order valence-corrected chi connectivity index (χ1v) is 5.44. The number of methoxy groups -OCH3 is 1. The van der Waals surface area contributed by atoms with E-state index in [1.807, 2.05) is 0 Å². The molecule has 1 aromatic carbocycles. The fourth-order valence-corrected chi connectivity index (χ4v) is 1.19. The molecule has 0 aromatic heterocycles. The van der Waals surface area contributed by atoms with Gasteiger partial charge >= 0.3 is 6.03 Å². The average molecular weight is 253 g/mol. The molecule has 0 saturated heterocycles. The molecule has 17 heavy (non-hydrogen) atoms. The average Bonchev–Trinajstić information content (AvgIpc) is 2.28. The van der Waals surface area contributed by atoms with Gasteiger partial charge in [0, 0.05) is 11.8 Å². The van der Waals surface area contributed by atoms with Gasteiger partial charge in [-0.3, -0.25) is 0 Å². The number of benzene rings is 1. The maximum absolute atomic E-state index is 11.5. The number of anilines is 1. The van der Waals surface area contributed by atoms with Gasteiger partial charge in [0.2, 0.25) is 0 Å². The number of hydrogen-bond donors (Lipinski definition) is 3. The summed E-state index contributed by atoms with van der Waals surface area (Å²) in [4.78, 5) is 11.8. The van der Waals surface area contributed by atoms with Crippen LogP contribution in [-0.2, 0) is 0 Å². The Morgan fingerprint density at radius 1 is 1.53 bits per heavy atom. The van der Waals surface area contributed by atoms with Crippen LogP contribution in [0.5, 0.6) is 5.75 Å². The van der Waals surface area contributed by atoms with Crippen molar-refractivity contribution in [1.29, 1.82) is 0 Å². The molecule has 0 fully saturated rings. The highest BCUT2D eigenvalue weighted by Gasteiger charge is 2.09. The van der Waals surface area contributed by atoms with Crippen LogP contribution in [0.2, 0.25) is 0 Å². The van der Waals surface area contributed by atoms with Crippen LogP contribution in [0, 0.1) is 0 Å². The van der Waals surface area contributed by atoms with Crippen molar-refractivity contribution >= 4 is 28.9 Å². The van der Waals surface area contributed by atoms with E-state index in [1.165, 1.54) is 0 Å². The number of carbonyl (C=O) groups excluding carboxylic acids is 1. The van der Waals surface area contributed by atoms with Crippen molar-refractivity contribution < 1.29 is 9.53 Å². The third-order valence-corrected chi connectivity index (χ3v) is 2.46. The number of amides is 2. The molecule has 1 aromatic rings. The summed E-state index contributed by atoms with van der Waals surface area (Å²) in [5.74, 6) is 0.671. The summed E-state index contributed by atoms with van der Waals surface area (Å²) in [7, 11) is 1.56. The molecule has 1 rings (SSSR count). The maximum atomic E-state index is 11.5. The summed E-state index contributed by atoms with van der Waals surface area (Å²) in [6.07, 6.45) is 0. The number of ether oxygens (including phenoxy) is 1. The molecule has 1 atom stereocenters. The maximum Gasteiger partial charge on any atom is 0.319 e. The van der Waals surface area contributed by atoms with Gasteiger partial charge < -0.3 is 21.1 Å². The quantitative estimate of drug-likeness (QED) is 0.711. The number of urea groups is 1. The molecular weight excluding hydrogens is 238 g/mol. The second kappa shape index (κ2) is 6.05. The lowest BCUT2D eigenvalue weighted by molar-refractivity contribution is 0.251. The Hall–Kier alpha value is -1.82. The molecule has 0 bridgehead atoms. The Morgan fingerprint density at radius 2 is 2.24 bits per heavy atom. The van der Waals surface area contributed by atoms with Gasteiger partial charge in [-0.15, -0.1) is 0 Å². The third-order valence-electron chi connectivity index (χ3n) is 2.10. The molecule has 2 amide bonds. The van der Waals surface area contributed by atoms with Crippen LogP contribution in [-0.4, -0.2) is 24.2 Å². The highest BCUT2D eigenvalue weighted by molar-refractivity contribution is 7.80. The predicted octanol–water partition coefficient (Wildman–Crippen LogP) is 1.49. The first-order chi connectivity index (χ1) is 8.02. The molecule has 92 valence electrons. The van der Waals surface area contributed by atoms with E-state index >= 15 is 0 Å². The Morgan fingerprint density at radius 3 is 2.82 bits per heavy atom. The zero-order valence-electron chi connectivity index (χ0n) is 9.69. The number of nitrogens with two attached hydrogens (primary N) is 1. The largest absolute Gasteiger partial charge is 0.497 e. The lowest BCUT2D eigenvalue weighted by Crippen LogP contribution is -2.43. The van der Waals surface area contributed by atoms with Crippen LogP contribution >= 0.6 is 12.2 Å². The SMILES string of the molecule is COc1cccc(NC(=O)NC(C)C(N)=S)c1. The molecule has 6 heteroatoms. The van der Waals surface area contributed by atoms with E-state index in [0.29, 0.717) is 11.4 Å². The van der Waals surface area contributed by atoms with E-state index in [0.717, 1.165) is 0 Å². The minimum Gasteiger partial charge on any atom is -0.497 e. The fourth-order valence-electron chi connectivity index (χ4n) is 1.14. The zero-order chi connectivity index (χ0) is 12.8.